The SMILES string of the molecule is CC(c1ccccc1)N1CCN(CCCN2CCN(C(C)c3ccccc3)CC2)CC1. The molecule has 2 heterocycles. The third-order valence-corrected chi connectivity index (χ3v) is 7.42. The highest BCUT2D eigenvalue weighted by atomic mass is 15.3. The molecule has 0 aliphatic carbocycles. The molecule has 0 saturated carbocycles. The topological polar surface area (TPSA) is 13.0 Å². The van der Waals surface area contributed by atoms with Gasteiger partial charge in [0, 0.05) is 64.4 Å². The Morgan fingerprint density at radius 3 is 1.26 bits per heavy atom. The van der Waals surface area contributed by atoms with E-state index in [1.165, 1.54) is 83.0 Å². The monoisotopic (exact) mass is 420 g/mol. The van der Waals surface area contributed by atoms with Gasteiger partial charge in [0.15, 0.2) is 0 Å². The Morgan fingerprint density at radius 1 is 0.548 bits per heavy atom. The highest BCUT2D eigenvalue weighted by molar-refractivity contribution is 5.19. The molecule has 2 aromatic rings. The van der Waals surface area contributed by atoms with E-state index in [0.29, 0.717) is 12.1 Å². The van der Waals surface area contributed by atoms with Crippen LogP contribution in [0.15, 0.2) is 60.7 Å². The third kappa shape index (κ3) is 6.17. The molecule has 2 aliphatic rings. The molecule has 0 radical (unpaired) electrons. The molecule has 0 amide bonds. The Bertz CT molecular complexity index is 684. The highest BCUT2D eigenvalue weighted by Gasteiger charge is 2.23. The molecular weight excluding hydrogens is 380 g/mol. The molecule has 0 aromatic heterocycles. The van der Waals surface area contributed by atoms with Crippen molar-refractivity contribution >= 4 is 0 Å². The van der Waals surface area contributed by atoms with Crippen molar-refractivity contribution in [3.05, 3.63) is 71.8 Å². The van der Waals surface area contributed by atoms with Crippen LogP contribution in [0.5, 0.6) is 0 Å². The minimum atomic E-state index is 0.526. The summed E-state index contributed by atoms with van der Waals surface area (Å²) in [5.41, 5.74) is 2.88. The van der Waals surface area contributed by atoms with Crippen molar-refractivity contribution in [1.82, 2.24) is 19.6 Å². The van der Waals surface area contributed by atoms with Crippen molar-refractivity contribution in [3.63, 3.8) is 0 Å². The van der Waals surface area contributed by atoms with E-state index >= 15 is 0 Å². The normalized spacial score (nSPS) is 21.7. The van der Waals surface area contributed by atoms with E-state index in [0.717, 1.165) is 0 Å². The first-order valence-corrected chi connectivity index (χ1v) is 12.2. The molecule has 2 fully saturated rings. The predicted molar refractivity (Wildman–Crippen MR) is 130 cm³/mol. The molecule has 2 saturated heterocycles. The summed E-state index contributed by atoms with van der Waals surface area (Å²) in [6.45, 7) is 16.8. The van der Waals surface area contributed by atoms with Crippen molar-refractivity contribution < 1.29 is 0 Å². The van der Waals surface area contributed by atoms with Crippen molar-refractivity contribution in [2.45, 2.75) is 32.4 Å². The molecule has 168 valence electrons. The zero-order chi connectivity index (χ0) is 21.5. The summed E-state index contributed by atoms with van der Waals surface area (Å²) < 4.78 is 0. The molecule has 2 unspecified atom stereocenters. The summed E-state index contributed by atoms with van der Waals surface area (Å²) in [6, 6.07) is 22.9. The number of piperazine rings is 2. The minimum Gasteiger partial charge on any atom is -0.301 e. The Labute approximate surface area is 189 Å². The molecule has 4 rings (SSSR count). The minimum absolute atomic E-state index is 0.526. The molecule has 4 nitrogen and oxygen atoms in total. The number of hydrogen-bond donors (Lipinski definition) is 0. The number of hydrogen-bond acceptors (Lipinski definition) is 4. The summed E-state index contributed by atoms with van der Waals surface area (Å²) in [6.07, 6.45) is 1.29. The van der Waals surface area contributed by atoms with E-state index in [2.05, 4.69) is 94.1 Å². The van der Waals surface area contributed by atoms with Gasteiger partial charge in [-0.05, 0) is 44.5 Å². The molecule has 0 N–H and O–H groups in total. The number of benzene rings is 2. The standard InChI is InChI=1S/C27H40N4/c1-24(26-10-5-3-6-11-26)30-20-16-28(17-21-30)14-9-15-29-18-22-31(23-19-29)25(2)27-12-7-4-8-13-27/h3-8,10-13,24-25H,9,14-23H2,1-2H3. The van der Waals surface area contributed by atoms with E-state index in [4.69, 9.17) is 0 Å². The van der Waals surface area contributed by atoms with Gasteiger partial charge in [-0.15, -0.1) is 0 Å². The highest BCUT2D eigenvalue weighted by Crippen LogP contribution is 2.22. The van der Waals surface area contributed by atoms with Gasteiger partial charge in [-0.25, -0.2) is 0 Å². The van der Waals surface area contributed by atoms with Gasteiger partial charge in [-0.2, -0.15) is 0 Å². The van der Waals surface area contributed by atoms with E-state index in [1.807, 2.05) is 0 Å². The lowest BCUT2D eigenvalue weighted by Crippen LogP contribution is -2.49. The van der Waals surface area contributed by atoms with Crippen LogP contribution in [0.1, 0.15) is 43.5 Å². The Morgan fingerprint density at radius 2 is 0.903 bits per heavy atom. The van der Waals surface area contributed by atoms with Gasteiger partial charge < -0.3 is 9.80 Å². The van der Waals surface area contributed by atoms with Crippen LogP contribution in [0, 0.1) is 0 Å². The summed E-state index contributed by atoms with van der Waals surface area (Å²) in [5, 5.41) is 0. The fourth-order valence-corrected chi connectivity index (χ4v) is 5.15. The zero-order valence-corrected chi connectivity index (χ0v) is 19.5. The van der Waals surface area contributed by atoms with Gasteiger partial charge in [-0.3, -0.25) is 9.80 Å². The quantitative estimate of drug-likeness (QED) is 0.636. The maximum atomic E-state index is 2.67. The van der Waals surface area contributed by atoms with Crippen LogP contribution in [-0.4, -0.2) is 85.0 Å². The van der Waals surface area contributed by atoms with E-state index < -0.39 is 0 Å². The number of nitrogens with zero attached hydrogens (tertiary/aromatic N) is 4. The van der Waals surface area contributed by atoms with E-state index in [1.54, 1.807) is 0 Å². The molecule has 4 heteroatoms. The average molecular weight is 421 g/mol. The van der Waals surface area contributed by atoms with Gasteiger partial charge in [0.05, 0.1) is 0 Å². The fourth-order valence-electron chi connectivity index (χ4n) is 5.15. The second kappa shape index (κ2) is 11.2. The molecule has 0 bridgehead atoms. The lowest BCUT2D eigenvalue weighted by molar-refractivity contribution is 0.0848. The number of rotatable bonds is 8. The van der Waals surface area contributed by atoms with E-state index in [-0.39, 0.29) is 0 Å². The van der Waals surface area contributed by atoms with Gasteiger partial charge in [0.25, 0.3) is 0 Å². The van der Waals surface area contributed by atoms with Crippen molar-refractivity contribution in [3.8, 4) is 0 Å². The van der Waals surface area contributed by atoms with Gasteiger partial charge in [0.2, 0.25) is 0 Å². The van der Waals surface area contributed by atoms with Crippen LogP contribution < -0.4 is 0 Å². The molecule has 2 atom stereocenters. The lowest BCUT2D eigenvalue weighted by atomic mass is 10.1. The maximum Gasteiger partial charge on any atom is 0.0320 e. The summed E-state index contributed by atoms with van der Waals surface area (Å²) in [7, 11) is 0. The Hall–Kier alpha value is -1.72. The van der Waals surface area contributed by atoms with Crippen LogP contribution in [0.4, 0.5) is 0 Å². The predicted octanol–water partition coefficient (Wildman–Crippen LogP) is 4.13. The largest absolute Gasteiger partial charge is 0.301 e. The Balaban J connectivity index is 1.12. The average Bonchev–Trinajstić information content (AvgIpc) is 2.85. The van der Waals surface area contributed by atoms with E-state index in [9.17, 15) is 0 Å². The molecule has 2 aliphatic heterocycles. The van der Waals surface area contributed by atoms with Crippen molar-refractivity contribution in [2.24, 2.45) is 0 Å². The molecule has 31 heavy (non-hydrogen) atoms. The van der Waals surface area contributed by atoms with Gasteiger partial charge in [-0.1, -0.05) is 60.7 Å². The van der Waals surface area contributed by atoms with Crippen LogP contribution in [-0.2, 0) is 0 Å². The maximum absolute atomic E-state index is 2.67. The van der Waals surface area contributed by atoms with Crippen LogP contribution in [0.2, 0.25) is 0 Å². The summed E-state index contributed by atoms with van der Waals surface area (Å²) >= 11 is 0. The third-order valence-electron chi connectivity index (χ3n) is 7.42. The molecular formula is C27H40N4. The van der Waals surface area contributed by atoms with Crippen molar-refractivity contribution in [2.75, 3.05) is 65.4 Å². The van der Waals surface area contributed by atoms with Crippen LogP contribution in [0.25, 0.3) is 0 Å². The second-order valence-corrected chi connectivity index (χ2v) is 9.28. The first kappa shape index (κ1) is 22.5. The van der Waals surface area contributed by atoms with Gasteiger partial charge in [0.1, 0.15) is 0 Å². The molecule has 2 aromatic carbocycles. The fraction of sp³-hybridized carbons (Fsp3) is 0.556. The lowest BCUT2D eigenvalue weighted by Gasteiger charge is -2.39. The first-order chi connectivity index (χ1) is 15.2. The Kier molecular flexibility index (Phi) is 8.15. The van der Waals surface area contributed by atoms with Crippen LogP contribution in [0.3, 0.4) is 0 Å². The van der Waals surface area contributed by atoms with Crippen molar-refractivity contribution in [1.29, 1.82) is 0 Å². The van der Waals surface area contributed by atoms with Crippen LogP contribution >= 0.6 is 0 Å². The smallest absolute Gasteiger partial charge is 0.0320 e. The zero-order valence-electron chi connectivity index (χ0n) is 19.5. The second-order valence-electron chi connectivity index (χ2n) is 9.28. The van der Waals surface area contributed by atoms with Gasteiger partial charge >= 0.3 is 0 Å². The summed E-state index contributed by atoms with van der Waals surface area (Å²) in [5.74, 6) is 0. The first-order valence-electron chi connectivity index (χ1n) is 12.2. The summed E-state index contributed by atoms with van der Waals surface area (Å²) in [4.78, 5) is 10.6. The molecule has 0 spiro atoms.